The number of aromatic nitrogens is 5. The number of amides is 1. The van der Waals surface area contributed by atoms with Crippen molar-refractivity contribution in [2.75, 3.05) is 0 Å². The molecule has 3 heterocycles. The van der Waals surface area contributed by atoms with Gasteiger partial charge >= 0.3 is 5.69 Å². The van der Waals surface area contributed by atoms with Gasteiger partial charge in [0.15, 0.2) is 5.65 Å². The first-order valence-electron chi connectivity index (χ1n) is 9.97. The maximum atomic E-state index is 12.8. The van der Waals surface area contributed by atoms with Gasteiger partial charge in [0.2, 0.25) is 11.7 Å². The molecular weight excluding hydrogens is 408 g/mol. The van der Waals surface area contributed by atoms with E-state index in [1.807, 2.05) is 60.7 Å². The number of nitrogens with one attached hydrogen (secondary N) is 1. The lowest BCUT2D eigenvalue weighted by atomic mass is 10.2. The van der Waals surface area contributed by atoms with Crippen LogP contribution in [0.1, 0.15) is 5.56 Å². The number of carbonyl (C=O) groups is 1. The molecule has 9 nitrogen and oxygen atoms in total. The van der Waals surface area contributed by atoms with Crippen LogP contribution in [0.15, 0.2) is 88.3 Å². The van der Waals surface area contributed by atoms with E-state index in [0.717, 1.165) is 15.8 Å². The Balaban J connectivity index is 1.41. The monoisotopic (exact) mass is 426 g/mol. The Morgan fingerprint density at radius 2 is 1.72 bits per heavy atom. The van der Waals surface area contributed by atoms with E-state index in [9.17, 15) is 9.59 Å². The molecule has 0 aliphatic heterocycles. The van der Waals surface area contributed by atoms with E-state index in [2.05, 4.69) is 20.6 Å². The summed E-state index contributed by atoms with van der Waals surface area (Å²) in [5.74, 6) is 0.356. The molecule has 1 amide bonds. The van der Waals surface area contributed by atoms with Gasteiger partial charge in [0.25, 0.3) is 5.89 Å². The first-order valence-corrected chi connectivity index (χ1v) is 9.97. The highest BCUT2D eigenvalue weighted by Crippen LogP contribution is 2.24. The fraction of sp³-hybridized carbons (Fsp3) is 0.0870. The van der Waals surface area contributed by atoms with Crippen LogP contribution < -0.4 is 11.0 Å². The molecule has 0 atom stereocenters. The van der Waals surface area contributed by atoms with Gasteiger partial charge in [-0.05, 0) is 17.7 Å². The van der Waals surface area contributed by atoms with Crippen molar-refractivity contribution >= 4 is 11.6 Å². The minimum absolute atomic E-state index is 0.202. The second kappa shape index (κ2) is 8.31. The molecule has 0 radical (unpaired) electrons. The third-order valence-corrected chi connectivity index (χ3v) is 4.92. The summed E-state index contributed by atoms with van der Waals surface area (Å²) >= 11 is 0. The summed E-state index contributed by atoms with van der Waals surface area (Å²) in [5.41, 5.74) is 2.18. The lowest BCUT2D eigenvalue weighted by Crippen LogP contribution is -2.32. The highest BCUT2D eigenvalue weighted by molar-refractivity contribution is 5.76. The van der Waals surface area contributed by atoms with Crippen LogP contribution in [0.2, 0.25) is 0 Å². The molecule has 2 aromatic carbocycles. The average Bonchev–Trinajstić information content (AvgIpc) is 3.45. The number of hydrogen-bond donors (Lipinski definition) is 1. The Bertz CT molecular complexity index is 1440. The number of rotatable bonds is 6. The van der Waals surface area contributed by atoms with Gasteiger partial charge in [-0.3, -0.25) is 4.79 Å². The molecule has 0 bridgehead atoms. The number of fused-ring (bicyclic) bond motifs is 1. The van der Waals surface area contributed by atoms with Crippen molar-refractivity contribution in [1.29, 1.82) is 0 Å². The molecule has 5 aromatic rings. The van der Waals surface area contributed by atoms with Crippen LogP contribution in [0.3, 0.4) is 0 Å². The van der Waals surface area contributed by atoms with Crippen LogP contribution in [0.5, 0.6) is 0 Å². The lowest BCUT2D eigenvalue weighted by Gasteiger charge is -2.04. The van der Waals surface area contributed by atoms with E-state index in [1.54, 1.807) is 18.3 Å². The molecule has 9 heteroatoms. The molecule has 0 aliphatic rings. The molecule has 0 unspecified atom stereocenters. The van der Waals surface area contributed by atoms with Gasteiger partial charge in [0.05, 0.1) is 5.56 Å². The molecule has 3 aromatic heterocycles. The van der Waals surface area contributed by atoms with E-state index >= 15 is 0 Å². The number of benzene rings is 2. The number of carbonyl (C=O) groups excluding carboxylic acids is 1. The van der Waals surface area contributed by atoms with Gasteiger partial charge in [-0.2, -0.15) is 4.98 Å². The highest BCUT2D eigenvalue weighted by Gasteiger charge is 2.18. The van der Waals surface area contributed by atoms with Gasteiger partial charge in [-0.1, -0.05) is 65.8 Å². The fourth-order valence-corrected chi connectivity index (χ4v) is 3.33. The largest absolute Gasteiger partial charge is 0.350 e. The minimum Gasteiger partial charge on any atom is -0.350 e. The van der Waals surface area contributed by atoms with Gasteiger partial charge in [-0.15, -0.1) is 5.10 Å². The molecule has 0 saturated heterocycles. The summed E-state index contributed by atoms with van der Waals surface area (Å²) < 4.78 is 7.90. The Morgan fingerprint density at radius 3 is 2.50 bits per heavy atom. The zero-order valence-corrected chi connectivity index (χ0v) is 16.9. The maximum Gasteiger partial charge on any atom is 0.350 e. The van der Waals surface area contributed by atoms with E-state index in [0.29, 0.717) is 23.6 Å². The van der Waals surface area contributed by atoms with E-state index in [1.165, 1.54) is 4.40 Å². The van der Waals surface area contributed by atoms with Crippen LogP contribution in [0.4, 0.5) is 0 Å². The Kier molecular flexibility index (Phi) is 5.04. The van der Waals surface area contributed by atoms with Crippen LogP contribution in [-0.2, 0) is 17.9 Å². The Morgan fingerprint density at radius 1 is 0.969 bits per heavy atom. The number of nitrogens with zero attached hydrogens (tertiary/aromatic N) is 5. The SMILES string of the molecule is O=C(Cn1nc2c(-c3nc(-c4ccccc4)no3)cccn2c1=O)NCc1ccccc1. The predicted molar refractivity (Wildman–Crippen MR) is 116 cm³/mol. The van der Waals surface area contributed by atoms with E-state index in [4.69, 9.17) is 4.52 Å². The third kappa shape index (κ3) is 3.79. The molecule has 32 heavy (non-hydrogen) atoms. The fourth-order valence-electron chi connectivity index (χ4n) is 3.33. The summed E-state index contributed by atoms with van der Waals surface area (Å²) in [4.78, 5) is 29.6. The van der Waals surface area contributed by atoms with Crippen LogP contribution in [-0.4, -0.2) is 30.2 Å². The van der Waals surface area contributed by atoms with Gasteiger partial charge < -0.3 is 9.84 Å². The van der Waals surface area contributed by atoms with Gasteiger partial charge in [0, 0.05) is 18.3 Å². The Labute approximate surface area is 181 Å². The molecule has 0 saturated carbocycles. The molecule has 0 fully saturated rings. The summed E-state index contributed by atoms with van der Waals surface area (Å²) in [6.45, 7) is 0.170. The average molecular weight is 426 g/mol. The molecule has 0 aliphatic carbocycles. The number of pyridine rings is 1. The summed E-state index contributed by atoms with van der Waals surface area (Å²) in [6.07, 6.45) is 1.58. The van der Waals surface area contributed by atoms with Crippen molar-refractivity contribution in [2.24, 2.45) is 0 Å². The summed E-state index contributed by atoms with van der Waals surface area (Å²) in [5, 5.41) is 11.2. The first-order chi connectivity index (χ1) is 15.7. The summed E-state index contributed by atoms with van der Waals surface area (Å²) in [6, 6.07) is 22.4. The summed E-state index contributed by atoms with van der Waals surface area (Å²) in [7, 11) is 0. The smallest absolute Gasteiger partial charge is 0.350 e. The zero-order chi connectivity index (χ0) is 21.9. The van der Waals surface area contributed by atoms with Crippen LogP contribution >= 0.6 is 0 Å². The van der Waals surface area contributed by atoms with Crippen LogP contribution in [0.25, 0.3) is 28.5 Å². The second-order valence-corrected chi connectivity index (χ2v) is 7.11. The van der Waals surface area contributed by atoms with E-state index < -0.39 is 5.69 Å². The Hall–Kier alpha value is -4.53. The highest BCUT2D eigenvalue weighted by atomic mass is 16.5. The first kappa shape index (κ1) is 19.4. The lowest BCUT2D eigenvalue weighted by molar-refractivity contribution is -0.122. The van der Waals surface area contributed by atoms with Crippen molar-refractivity contribution in [3.8, 4) is 22.8 Å². The standard InChI is InChI=1S/C23H18N6O3/c30-19(24-14-16-8-3-1-4-9-16)15-29-23(31)28-13-7-12-18(21(28)26-29)22-25-20(27-32-22)17-10-5-2-6-11-17/h1-13H,14-15H2,(H,24,30). The molecular formula is C23H18N6O3. The van der Waals surface area contributed by atoms with E-state index in [-0.39, 0.29) is 18.3 Å². The molecule has 158 valence electrons. The van der Waals surface area contributed by atoms with Crippen molar-refractivity contribution in [3.63, 3.8) is 0 Å². The predicted octanol–water partition coefficient (Wildman–Crippen LogP) is 2.53. The molecule has 1 N–H and O–H groups in total. The third-order valence-electron chi connectivity index (χ3n) is 4.92. The number of hydrogen-bond acceptors (Lipinski definition) is 6. The van der Waals surface area contributed by atoms with Crippen molar-refractivity contribution in [3.05, 3.63) is 95.0 Å². The van der Waals surface area contributed by atoms with Crippen molar-refractivity contribution < 1.29 is 9.32 Å². The van der Waals surface area contributed by atoms with Crippen LogP contribution in [0, 0.1) is 0 Å². The maximum absolute atomic E-state index is 12.8. The van der Waals surface area contributed by atoms with Gasteiger partial charge in [0.1, 0.15) is 6.54 Å². The normalized spacial score (nSPS) is 11.0. The molecule has 5 rings (SSSR count). The zero-order valence-electron chi connectivity index (χ0n) is 16.9. The second-order valence-electron chi connectivity index (χ2n) is 7.11. The van der Waals surface area contributed by atoms with Gasteiger partial charge in [-0.25, -0.2) is 13.9 Å². The quantitative estimate of drug-likeness (QED) is 0.447. The molecule has 0 spiro atoms. The minimum atomic E-state index is -0.431. The topological polar surface area (TPSA) is 107 Å². The van der Waals surface area contributed by atoms with Crippen molar-refractivity contribution in [1.82, 2.24) is 29.6 Å². The van der Waals surface area contributed by atoms with Crippen molar-refractivity contribution in [2.45, 2.75) is 13.1 Å².